The van der Waals surface area contributed by atoms with Crippen molar-refractivity contribution in [3.8, 4) is 0 Å². The highest BCUT2D eigenvalue weighted by molar-refractivity contribution is 5.85. The van der Waals surface area contributed by atoms with Gasteiger partial charge in [0.25, 0.3) is 0 Å². The molecule has 1 N–H and O–H groups in total. The van der Waals surface area contributed by atoms with Gasteiger partial charge in [0, 0.05) is 25.4 Å². The zero-order chi connectivity index (χ0) is 14.8. The molecule has 0 fully saturated rings. The maximum Gasteiger partial charge on any atom is 0.328 e. The predicted molar refractivity (Wildman–Crippen MR) is 76.7 cm³/mol. The zero-order valence-corrected chi connectivity index (χ0v) is 11.6. The molecule has 2 aromatic rings. The Morgan fingerprint density at radius 3 is 3.05 bits per heavy atom. The van der Waals surface area contributed by atoms with Gasteiger partial charge in [-0.15, -0.1) is 10.2 Å². The number of carboxylic acids is 1. The molecule has 0 atom stereocenters. The van der Waals surface area contributed by atoms with Crippen molar-refractivity contribution < 1.29 is 9.90 Å². The number of rotatable bonds is 3. The van der Waals surface area contributed by atoms with Gasteiger partial charge in [-0.2, -0.15) is 0 Å². The molecule has 0 saturated heterocycles. The van der Waals surface area contributed by atoms with Gasteiger partial charge in [-0.05, 0) is 30.2 Å². The second kappa shape index (κ2) is 5.35. The smallest absolute Gasteiger partial charge is 0.328 e. The molecule has 0 spiro atoms. The molecule has 2 aromatic heterocycles. The van der Waals surface area contributed by atoms with Gasteiger partial charge in [-0.1, -0.05) is 0 Å². The third-order valence-electron chi connectivity index (χ3n) is 3.43. The Balaban J connectivity index is 1.82. The Morgan fingerprint density at radius 2 is 2.29 bits per heavy atom. The van der Waals surface area contributed by atoms with E-state index >= 15 is 0 Å². The summed E-state index contributed by atoms with van der Waals surface area (Å²) >= 11 is 0. The van der Waals surface area contributed by atoms with Crippen LogP contribution in [0.3, 0.4) is 0 Å². The third kappa shape index (κ3) is 2.76. The fourth-order valence-electron chi connectivity index (χ4n) is 2.43. The van der Waals surface area contributed by atoms with Crippen molar-refractivity contribution in [2.24, 2.45) is 0 Å². The summed E-state index contributed by atoms with van der Waals surface area (Å²) in [6.45, 7) is 4.34. The molecular weight excluding hydrogens is 270 g/mol. The largest absolute Gasteiger partial charge is 0.478 e. The van der Waals surface area contributed by atoms with Gasteiger partial charge < -0.3 is 14.6 Å². The number of carboxylic acid groups (broad SMARTS) is 1. The first-order valence-corrected chi connectivity index (χ1v) is 6.63. The highest BCUT2D eigenvalue weighted by Crippen LogP contribution is 2.22. The summed E-state index contributed by atoms with van der Waals surface area (Å²) in [5.41, 5.74) is 1.79. The molecule has 0 aromatic carbocycles. The number of aryl methyl sites for hydroxylation is 1. The third-order valence-corrected chi connectivity index (χ3v) is 3.43. The monoisotopic (exact) mass is 285 g/mol. The van der Waals surface area contributed by atoms with Crippen LogP contribution >= 0.6 is 0 Å². The number of aromatic nitrogens is 4. The minimum Gasteiger partial charge on any atom is -0.478 e. The first-order chi connectivity index (χ1) is 10.1. The Bertz CT molecular complexity index is 707. The lowest BCUT2D eigenvalue weighted by molar-refractivity contribution is -0.131. The fraction of sp³-hybridized carbons (Fsp3) is 0.286. The standard InChI is InChI=1S/C14H15N5O2/c1-10-6-11(2-3-13(20)21)7-15-14(10)18-4-5-19-9-16-17-12(19)8-18/h2-3,6-7,9H,4-5,8H2,1H3,(H,20,21)/b3-2+. The summed E-state index contributed by atoms with van der Waals surface area (Å²) in [7, 11) is 0. The van der Waals surface area contributed by atoms with Gasteiger partial charge in [0.2, 0.25) is 0 Å². The second-order valence-corrected chi connectivity index (χ2v) is 4.94. The van der Waals surface area contributed by atoms with Gasteiger partial charge in [0.05, 0.1) is 6.54 Å². The molecule has 0 bridgehead atoms. The summed E-state index contributed by atoms with van der Waals surface area (Å²) in [6, 6.07) is 1.93. The molecule has 3 heterocycles. The number of hydrogen-bond acceptors (Lipinski definition) is 5. The minimum absolute atomic E-state index is 0.679. The number of fused-ring (bicyclic) bond motifs is 1. The van der Waals surface area contributed by atoms with Crippen molar-refractivity contribution in [2.75, 3.05) is 11.4 Å². The lowest BCUT2D eigenvalue weighted by Gasteiger charge is -2.29. The van der Waals surface area contributed by atoms with Gasteiger partial charge in [-0.3, -0.25) is 0 Å². The van der Waals surface area contributed by atoms with E-state index in [1.54, 1.807) is 18.6 Å². The first-order valence-electron chi connectivity index (χ1n) is 6.63. The van der Waals surface area contributed by atoms with Crippen molar-refractivity contribution in [1.29, 1.82) is 0 Å². The summed E-state index contributed by atoms with van der Waals surface area (Å²) in [5, 5.41) is 16.7. The van der Waals surface area contributed by atoms with Crippen LogP contribution in [0.2, 0.25) is 0 Å². The average Bonchev–Trinajstić information content (AvgIpc) is 2.92. The molecule has 7 heteroatoms. The number of anilines is 1. The van der Waals surface area contributed by atoms with Crippen molar-refractivity contribution in [3.63, 3.8) is 0 Å². The van der Waals surface area contributed by atoms with Crippen LogP contribution in [0.25, 0.3) is 6.08 Å². The zero-order valence-electron chi connectivity index (χ0n) is 11.6. The van der Waals surface area contributed by atoms with Crippen LogP contribution in [0.15, 0.2) is 24.7 Å². The SMILES string of the molecule is Cc1cc(/C=C/C(=O)O)cnc1N1CCn2cnnc2C1. The number of nitrogens with zero attached hydrogens (tertiary/aromatic N) is 5. The van der Waals surface area contributed by atoms with Crippen LogP contribution in [0, 0.1) is 6.92 Å². The van der Waals surface area contributed by atoms with E-state index in [9.17, 15) is 4.79 Å². The Hall–Kier alpha value is -2.70. The normalized spacial score (nSPS) is 14.4. The van der Waals surface area contributed by atoms with Gasteiger partial charge in [0.15, 0.2) is 5.82 Å². The summed E-state index contributed by atoms with van der Waals surface area (Å²) in [6.07, 6.45) is 6.08. The molecule has 0 unspecified atom stereocenters. The lowest BCUT2D eigenvalue weighted by atomic mass is 10.1. The maximum absolute atomic E-state index is 10.5. The van der Waals surface area contributed by atoms with Gasteiger partial charge in [0.1, 0.15) is 12.1 Å². The predicted octanol–water partition coefficient (Wildman–Crippen LogP) is 1.10. The van der Waals surface area contributed by atoms with Gasteiger partial charge >= 0.3 is 5.97 Å². The summed E-state index contributed by atoms with van der Waals surface area (Å²) in [5.74, 6) is 0.862. The van der Waals surface area contributed by atoms with Crippen LogP contribution in [-0.2, 0) is 17.9 Å². The van der Waals surface area contributed by atoms with Crippen LogP contribution in [0.4, 0.5) is 5.82 Å². The van der Waals surface area contributed by atoms with E-state index in [1.165, 1.54) is 0 Å². The summed E-state index contributed by atoms with van der Waals surface area (Å²) in [4.78, 5) is 17.2. The average molecular weight is 285 g/mol. The van der Waals surface area contributed by atoms with Crippen LogP contribution in [0.1, 0.15) is 17.0 Å². The molecule has 0 aliphatic carbocycles. The van der Waals surface area contributed by atoms with E-state index in [-0.39, 0.29) is 0 Å². The van der Waals surface area contributed by atoms with Crippen LogP contribution in [0.5, 0.6) is 0 Å². The fourth-order valence-corrected chi connectivity index (χ4v) is 2.43. The topological polar surface area (TPSA) is 84.1 Å². The second-order valence-electron chi connectivity index (χ2n) is 4.94. The Morgan fingerprint density at radius 1 is 1.43 bits per heavy atom. The van der Waals surface area contributed by atoms with E-state index in [4.69, 9.17) is 5.11 Å². The van der Waals surface area contributed by atoms with E-state index in [0.29, 0.717) is 6.54 Å². The molecule has 0 saturated carbocycles. The molecule has 0 amide bonds. The van der Waals surface area contributed by atoms with Crippen LogP contribution in [-0.4, -0.2) is 37.4 Å². The van der Waals surface area contributed by atoms with Crippen molar-refractivity contribution in [1.82, 2.24) is 19.7 Å². The minimum atomic E-state index is -0.966. The highest BCUT2D eigenvalue weighted by Gasteiger charge is 2.19. The molecular formula is C14H15N5O2. The lowest BCUT2D eigenvalue weighted by Crippen LogP contribution is -2.34. The molecule has 1 aliphatic rings. The van der Waals surface area contributed by atoms with Crippen molar-refractivity contribution in [2.45, 2.75) is 20.0 Å². The summed E-state index contributed by atoms with van der Waals surface area (Å²) < 4.78 is 2.04. The number of aliphatic carboxylic acids is 1. The molecule has 108 valence electrons. The first kappa shape index (κ1) is 13.3. The molecule has 1 aliphatic heterocycles. The number of pyridine rings is 1. The Labute approximate surface area is 121 Å². The van der Waals surface area contributed by atoms with Gasteiger partial charge in [-0.25, -0.2) is 9.78 Å². The van der Waals surface area contributed by atoms with Crippen LogP contribution < -0.4 is 4.90 Å². The molecule has 0 radical (unpaired) electrons. The molecule has 21 heavy (non-hydrogen) atoms. The maximum atomic E-state index is 10.5. The molecule has 3 rings (SSSR count). The highest BCUT2D eigenvalue weighted by atomic mass is 16.4. The van der Waals surface area contributed by atoms with E-state index in [0.717, 1.165) is 41.9 Å². The Kier molecular flexibility index (Phi) is 3.39. The van der Waals surface area contributed by atoms with E-state index in [1.807, 2.05) is 17.6 Å². The number of carbonyl (C=O) groups is 1. The van der Waals surface area contributed by atoms with Crippen molar-refractivity contribution >= 4 is 17.9 Å². The quantitative estimate of drug-likeness (QED) is 0.850. The van der Waals surface area contributed by atoms with Crippen molar-refractivity contribution in [3.05, 3.63) is 41.6 Å². The van der Waals surface area contributed by atoms with E-state index < -0.39 is 5.97 Å². The van der Waals surface area contributed by atoms with E-state index in [2.05, 4.69) is 20.1 Å². The number of hydrogen-bond donors (Lipinski definition) is 1. The molecule has 7 nitrogen and oxygen atoms in total.